The van der Waals surface area contributed by atoms with E-state index in [1.807, 2.05) is 11.8 Å². The monoisotopic (exact) mass is 181 g/mol. The Kier molecular flexibility index (Phi) is 2.10. The van der Waals surface area contributed by atoms with Crippen LogP contribution in [0, 0.1) is 17.8 Å². The van der Waals surface area contributed by atoms with Gasteiger partial charge in [0.2, 0.25) is 5.91 Å². The lowest BCUT2D eigenvalue weighted by Gasteiger charge is -2.25. The number of hydrogen-bond donors (Lipinski definition) is 0. The van der Waals surface area contributed by atoms with Gasteiger partial charge in [-0.05, 0) is 18.8 Å². The van der Waals surface area contributed by atoms with Gasteiger partial charge in [0.1, 0.15) is 6.29 Å². The molecule has 0 aromatic rings. The molecule has 0 N–H and O–H groups in total. The summed E-state index contributed by atoms with van der Waals surface area (Å²) in [6.07, 6.45) is 3.19. The molecule has 0 spiro atoms. The highest BCUT2D eigenvalue weighted by atomic mass is 16.2. The predicted octanol–water partition coefficient (Wildman–Crippen LogP) is 0.690. The van der Waals surface area contributed by atoms with E-state index in [1.54, 1.807) is 0 Å². The largest absolute Gasteiger partial charge is 0.341 e. The fourth-order valence-corrected chi connectivity index (χ4v) is 2.28. The van der Waals surface area contributed by atoms with E-state index in [4.69, 9.17) is 0 Å². The summed E-state index contributed by atoms with van der Waals surface area (Å²) in [7, 11) is 0. The van der Waals surface area contributed by atoms with Crippen molar-refractivity contribution in [3.05, 3.63) is 0 Å². The Morgan fingerprint density at radius 2 is 2.38 bits per heavy atom. The van der Waals surface area contributed by atoms with Crippen molar-refractivity contribution in [2.24, 2.45) is 17.8 Å². The minimum absolute atomic E-state index is 0.0125. The maximum atomic E-state index is 11.6. The molecule has 1 aliphatic heterocycles. The average molecular weight is 181 g/mol. The Bertz CT molecular complexity index is 239. The molecule has 1 aliphatic carbocycles. The molecule has 3 atom stereocenters. The van der Waals surface area contributed by atoms with E-state index >= 15 is 0 Å². The zero-order chi connectivity index (χ0) is 9.42. The molecule has 0 bridgehead atoms. The van der Waals surface area contributed by atoms with Gasteiger partial charge in [0.25, 0.3) is 0 Å². The van der Waals surface area contributed by atoms with E-state index in [0.717, 1.165) is 19.3 Å². The molecule has 0 aromatic heterocycles. The van der Waals surface area contributed by atoms with Crippen molar-refractivity contribution in [2.45, 2.75) is 19.8 Å². The summed E-state index contributed by atoms with van der Waals surface area (Å²) in [6.45, 7) is 3.37. The van der Waals surface area contributed by atoms with Crippen LogP contribution in [-0.2, 0) is 9.59 Å². The third kappa shape index (κ3) is 1.36. The number of hydrogen-bond acceptors (Lipinski definition) is 2. The number of nitrogens with zero attached hydrogens (tertiary/aromatic N) is 1. The molecule has 0 aromatic carbocycles. The van der Waals surface area contributed by atoms with Crippen LogP contribution in [0.5, 0.6) is 0 Å². The first kappa shape index (κ1) is 8.73. The van der Waals surface area contributed by atoms with Crippen molar-refractivity contribution in [1.29, 1.82) is 0 Å². The molecule has 1 saturated carbocycles. The molecule has 2 rings (SSSR count). The van der Waals surface area contributed by atoms with Crippen molar-refractivity contribution in [1.82, 2.24) is 4.90 Å². The second kappa shape index (κ2) is 3.13. The zero-order valence-electron chi connectivity index (χ0n) is 7.90. The third-order valence-corrected chi connectivity index (χ3v) is 3.24. The molecule has 1 saturated heterocycles. The van der Waals surface area contributed by atoms with E-state index in [1.165, 1.54) is 6.42 Å². The molecule has 0 radical (unpaired) electrons. The topological polar surface area (TPSA) is 37.4 Å². The number of aldehydes is 1. The SMILES string of the molecule is CC(C=O)CN1CC2CCC2C1=O. The normalized spacial score (nSPS) is 33.9. The van der Waals surface area contributed by atoms with Crippen molar-refractivity contribution < 1.29 is 9.59 Å². The fraction of sp³-hybridized carbons (Fsp3) is 0.800. The van der Waals surface area contributed by atoms with Crippen LogP contribution in [-0.4, -0.2) is 30.2 Å². The predicted molar refractivity (Wildman–Crippen MR) is 48.0 cm³/mol. The number of amides is 1. The first-order chi connectivity index (χ1) is 6.22. The van der Waals surface area contributed by atoms with Crippen LogP contribution in [0.15, 0.2) is 0 Å². The van der Waals surface area contributed by atoms with Gasteiger partial charge >= 0.3 is 0 Å². The quantitative estimate of drug-likeness (QED) is 0.601. The average Bonchev–Trinajstić information content (AvgIpc) is 2.27. The number of likely N-dealkylation sites (tertiary alicyclic amines) is 1. The fourth-order valence-electron chi connectivity index (χ4n) is 2.28. The van der Waals surface area contributed by atoms with Gasteiger partial charge in [-0.3, -0.25) is 4.79 Å². The highest BCUT2D eigenvalue weighted by Crippen LogP contribution is 2.41. The summed E-state index contributed by atoms with van der Waals surface area (Å²) in [5, 5.41) is 0. The Morgan fingerprint density at radius 1 is 1.62 bits per heavy atom. The van der Waals surface area contributed by atoms with Gasteiger partial charge in [0, 0.05) is 24.9 Å². The summed E-state index contributed by atoms with van der Waals surface area (Å²) in [6, 6.07) is 0. The van der Waals surface area contributed by atoms with Gasteiger partial charge < -0.3 is 9.69 Å². The van der Waals surface area contributed by atoms with Crippen molar-refractivity contribution >= 4 is 12.2 Å². The lowest BCUT2D eigenvalue weighted by atomic mass is 9.76. The van der Waals surface area contributed by atoms with E-state index in [-0.39, 0.29) is 11.8 Å². The minimum Gasteiger partial charge on any atom is -0.341 e. The van der Waals surface area contributed by atoms with E-state index in [2.05, 4.69) is 0 Å². The van der Waals surface area contributed by atoms with Crippen LogP contribution in [0.25, 0.3) is 0 Å². The van der Waals surface area contributed by atoms with Crippen LogP contribution in [0.1, 0.15) is 19.8 Å². The molecular weight excluding hydrogens is 166 g/mol. The molecule has 2 fully saturated rings. The van der Waals surface area contributed by atoms with Gasteiger partial charge in [-0.25, -0.2) is 0 Å². The lowest BCUT2D eigenvalue weighted by molar-refractivity contribution is -0.133. The molecule has 72 valence electrons. The second-order valence-corrected chi connectivity index (χ2v) is 4.30. The first-order valence-electron chi connectivity index (χ1n) is 4.96. The smallest absolute Gasteiger partial charge is 0.226 e. The van der Waals surface area contributed by atoms with Gasteiger partial charge in [-0.1, -0.05) is 6.92 Å². The van der Waals surface area contributed by atoms with Gasteiger partial charge in [-0.2, -0.15) is 0 Å². The van der Waals surface area contributed by atoms with Crippen LogP contribution < -0.4 is 0 Å². The van der Waals surface area contributed by atoms with Crippen molar-refractivity contribution in [3.8, 4) is 0 Å². The summed E-state index contributed by atoms with van der Waals surface area (Å²) in [5.74, 6) is 1.18. The Labute approximate surface area is 78.1 Å². The van der Waals surface area contributed by atoms with E-state index in [0.29, 0.717) is 18.4 Å². The maximum absolute atomic E-state index is 11.6. The van der Waals surface area contributed by atoms with Crippen molar-refractivity contribution in [2.75, 3.05) is 13.1 Å². The molecule has 3 unspecified atom stereocenters. The molecule has 13 heavy (non-hydrogen) atoms. The number of rotatable bonds is 3. The van der Waals surface area contributed by atoms with Crippen LogP contribution in [0.3, 0.4) is 0 Å². The van der Waals surface area contributed by atoms with Crippen LogP contribution >= 0.6 is 0 Å². The molecule has 3 heteroatoms. The zero-order valence-corrected chi connectivity index (χ0v) is 7.90. The highest BCUT2D eigenvalue weighted by molar-refractivity contribution is 5.82. The van der Waals surface area contributed by atoms with Crippen LogP contribution in [0.2, 0.25) is 0 Å². The third-order valence-electron chi connectivity index (χ3n) is 3.24. The van der Waals surface area contributed by atoms with Gasteiger partial charge in [0.15, 0.2) is 0 Å². The molecule has 2 aliphatic rings. The van der Waals surface area contributed by atoms with Gasteiger partial charge in [0.05, 0.1) is 0 Å². The second-order valence-electron chi connectivity index (χ2n) is 4.30. The standard InChI is InChI=1S/C10H15NO2/c1-7(6-12)4-11-5-8-2-3-9(8)10(11)13/h6-9H,2-5H2,1H3. The molecular formula is C10H15NO2. The molecule has 1 heterocycles. The minimum atomic E-state index is -0.0125. The Hall–Kier alpha value is -0.860. The van der Waals surface area contributed by atoms with E-state index < -0.39 is 0 Å². The lowest BCUT2D eigenvalue weighted by Crippen LogP contribution is -2.32. The number of carbonyl (C=O) groups is 2. The summed E-state index contributed by atoms with van der Waals surface area (Å²) in [5.41, 5.74) is 0. The summed E-state index contributed by atoms with van der Waals surface area (Å²) >= 11 is 0. The molecule has 1 amide bonds. The Balaban J connectivity index is 1.94. The summed E-state index contributed by atoms with van der Waals surface area (Å²) in [4.78, 5) is 23.9. The number of fused-ring (bicyclic) bond motifs is 1. The van der Waals surface area contributed by atoms with Gasteiger partial charge in [-0.15, -0.1) is 0 Å². The van der Waals surface area contributed by atoms with E-state index in [9.17, 15) is 9.59 Å². The number of carbonyl (C=O) groups excluding carboxylic acids is 2. The Morgan fingerprint density at radius 3 is 2.77 bits per heavy atom. The maximum Gasteiger partial charge on any atom is 0.226 e. The highest BCUT2D eigenvalue weighted by Gasteiger charge is 2.45. The molecule has 3 nitrogen and oxygen atoms in total. The van der Waals surface area contributed by atoms with Crippen molar-refractivity contribution in [3.63, 3.8) is 0 Å². The summed E-state index contributed by atoms with van der Waals surface area (Å²) < 4.78 is 0. The first-order valence-corrected chi connectivity index (χ1v) is 4.96. The van der Waals surface area contributed by atoms with Crippen LogP contribution in [0.4, 0.5) is 0 Å².